The fraction of sp³-hybridized carbons (Fsp3) is 0.833. The van der Waals surface area contributed by atoms with Gasteiger partial charge in [-0.3, -0.25) is 4.90 Å². The predicted octanol–water partition coefficient (Wildman–Crippen LogP) is 0.744. The molecule has 18 heavy (non-hydrogen) atoms. The Morgan fingerprint density at radius 1 is 1.39 bits per heavy atom. The maximum Gasteiger partial charge on any atom is 0.226 e. The summed E-state index contributed by atoms with van der Waals surface area (Å²) in [6.07, 6.45) is 3.03. The van der Waals surface area contributed by atoms with Crippen LogP contribution in [0.5, 0.6) is 0 Å². The van der Waals surface area contributed by atoms with Crippen LogP contribution < -0.4 is 5.73 Å². The third kappa shape index (κ3) is 3.76. The number of morpholine rings is 1. The number of hydrogen-bond donors (Lipinski definition) is 1. The highest BCUT2D eigenvalue weighted by atomic mass is 16.5. The molecule has 1 fully saturated rings. The van der Waals surface area contributed by atoms with E-state index in [1.165, 1.54) is 0 Å². The highest BCUT2D eigenvalue weighted by molar-refractivity contribution is 4.94. The first kappa shape index (κ1) is 13.5. The Morgan fingerprint density at radius 3 is 2.89 bits per heavy atom. The SMILES string of the molecule is CCCCc1nc(C(N)CN2CCOCC2)no1. The van der Waals surface area contributed by atoms with Crippen molar-refractivity contribution < 1.29 is 9.26 Å². The first-order valence-electron chi connectivity index (χ1n) is 6.67. The molecule has 2 rings (SSSR count). The van der Waals surface area contributed by atoms with Crippen molar-refractivity contribution in [3.05, 3.63) is 11.7 Å². The van der Waals surface area contributed by atoms with Crippen LogP contribution in [0.4, 0.5) is 0 Å². The summed E-state index contributed by atoms with van der Waals surface area (Å²) in [5.41, 5.74) is 6.10. The van der Waals surface area contributed by atoms with Crippen LogP contribution in [0.2, 0.25) is 0 Å². The van der Waals surface area contributed by atoms with Gasteiger partial charge in [0.15, 0.2) is 5.82 Å². The van der Waals surface area contributed by atoms with E-state index in [-0.39, 0.29) is 6.04 Å². The van der Waals surface area contributed by atoms with Gasteiger partial charge < -0.3 is 15.0 Å². The van der Waals surface area contributed by atoms with Gasteiger partial charge in [0.05, 0.1) is 19.3 Å². The molecule has 6 heteroatoms. The van der Waals surface area contributed by atoms with Crippen LogP contribution in [0.15, 0.2) is 4.52 Å². The Balaban J connectivity index is 1.83. The zero-order valence-electron chi connectivity index (χ0n) is 11.0. The lowest BCUT2D eigenvalue weighted by atomic mass is 10.2. The van der Waals surface area contributed by atoms with Gasteiger partial charge in [-0.2, -0.15) is 4.98 Å². The molecule has 0 bridgehead atoms. The van der Waals surface area contributed by atoms with Crippen molar-refractivity contribution in [2.24, 2.45) is 5.73 Å². The fourth-order valence-electron chi connectivity index (χ4n) is 1.99. The Bertz CT molecular complexity index is 350. The number of aromatic nitrogens is 2. The molecule has 0 spiro atoms. The van der Waals surface area contributed by atoms with E-state index < -0.39 is 0 Å². The van der Waals surface area contributed by atoms with Crippen molar-refractivity contribution >= 4 is 0 Å². The lowest BCUT2D eigenvalue weighted by Gasteiger charge is -2.27. The summed E-state index contributed by atoms with van der Waals surface area (Å²) >= 11 is 0. The summed E-state index contributed by atoms with van der Waals surface area (Å²) in [6, 6.07) is -0.178. The van der Waals surface area contributed by atoms with Crippen molar-refractivity contribution in [1.82, 2.24) is 15.0 Å². The van der Waals surface area contributed by atoms with E-state index in [1.807, 2.05) is 0 Å². The van der Waals surface area contributed by atoms with Gasteiger partial charge in [-0.1, -0.05) is 18.5 Å². The maximum atomic E-state index is 6.10. The van der Waals surface area contributed by atoms with Crippen molar-refractivity contribution in [1.29, 1.82) is 0 Å². The third-order valence-electron chi connectivity index (χ3n) is 3.12. The predicted molar refractivity (Wildman–Crippen MR) is 67.1 cm³/mol. The Labute approximate surface area is 107 Å². The van der Waals surface area contributed by atoms with Gasteiger partial charge in [-0.25, -0.2) is 0 Å². The highest BCUT2D eigenvalue weighted by Crippen LogP contribution is 2.11. The van der Waals surface area contributed by atoms with Crippen LogP contribution in [-0.2, 0) is 11.2 Å². The minimum Gasteiger partial charge on any atom is -0.379 e. The number of ether oxygens (including phenoxy) is 1. The quantitative estimate of drug-likeness (QED) is 0.807. The molecule has 1 aromatic rings. The molecule has 2 N–H and O–H groups in total. The van der Waals surface area contributed by atoms with Crippen LogP contribution in [-0.4, -0.2) is 47.9 Å². The van der Waals surface area contributed by atoms with Crippen molar-refractivity contribution in [3.8, 4) is 0 Å². The zero-order valence-corrected chi connectivity index (χ0v) is 11.0. The number of hydrogen-bond acceptors (Lipinski definition) is 6. The summed E-state index contributed by atoms with van der Waals surface area (Å²) < 4.78 is 10.5. The van der Waals surface area contributed by atoms with Crippen LogP contribution in [0, 0.1) is 0 Å². The standard InChI is InChI=1S/C12H22N4O2/c1-2-3-4-11-14-12(15-18-11)10(13)9-16-5-7-17-8-6-16/h10H,2-9,13H2,1H3. The average Bonchev–Trinajstić information content (AvgIpc) is 2.86. The van der Waals surface area contributed by atoms with Crippen LogP contribution >= 0.6 is 0 Å². The Morgan fingerprint density at radius 2 is 2.17 bits per heavy atom. The molecule has 0 radical (unpaired) electrons. The second kappa shape index (κ2) is 6.82. The van der Waals surface area contributed by atoms with Gasteiger partial charge >= 0.3 is 0 Å². The molecule has 0 saturated carbocycles. The van der Waals surface area contributed by atoms with E-state index in [9.17, 15) is 0 Å². The molecule has 1 aromatic heterocycles. The summed E-state index contributed by atoms with van der Waals surface area (Å²) in [5, 5.41) is 3.97. The third-order valence-corrected chi connectivity index (χ3v) is 3.12. The number of nitrogens with two attached hydrogens (primary N) is 1. The zero-order chi connectivity index (χ0) is 12.8. The summed E-state index contributed by atoms with van der Waals surface area (Å²) in [5.74, 6) is 1.32. The van der Waals surface area contributed by atoms with Crippen molar-refractivity contribution in [2.75, 3.05) is 32.8 Å². The van der Waals surface area contributed by atoms with E-state index >= 15 is 0 Å². The molecule has 1 aliphatic rings. The molecule has 0 amide bonds. The molecule has 1 aliphatic heterocycles. The molecule has 0 aromatic carbocycles. The number of aryl methyl sites for hydroxylation is 1. The topological polar surface area (TPSA) is 77.4 Å². The smallest absolute Gasteiger partial charge is 0.226 e. The number of rotatable bonds is 6. The minimum absolute atomic E-state index is 0.178. The molecule has 1 unspecified atom stereocenters. The van der Waals surface area contributed by atoms with E-state index in [0.717, 1.165) is 52.1 Å². The number of nitrogens with zero attached hydrogens (tertiary/aromatic N) is 3. The van der Waals surface area contributed by atoms with Gasteiger partial charge in [0.25, 0.3) is 0 Å². The highest BCUT2D eigenvalue weighted by Gasteiger charge is 2.19. The van der Waals surface area contributed by atoms with Crippen LogP contribution in [0.1, 0.15) is 37.5 Å². The van der Waals surface area contributed by atoms with Gasteiger partial charge in [-0.15, -0.1) is 0 Å². The Kier molecular flexibility index (Phi) is 5.10. The first-order valence-corrected chi connectivity index (χ1v) is 6.67. The minimum atomic E-state index is -0.178. The molecule has 1 saturated heterocycles. The largest absolute Gasteiger partial charge is 0.379 e. The van der Waals surface area contributed by atoms with E-state index in [2.05, 4.69) is 22.0 Å². The number of unbranched alkanes of at least 4 members (excludes halogenated alkanes) is 1. The fourth-order valence-corrected chi connectivity index (χ4v) is 1.99. The second-order valence-electron chi connectivity index (χ2n) is 4.67. The normalized spacial score (nSPS) is 19.0. The first-order chi connectivity index (χ1) is 8.79. The molecular weight excluding hydrogens is 232 g/mol. The van der Waals surface area contributed by atoms with Crippen LogP contribution in [0.25, 0.3) is 0 Å². The maximum absolute atomic E-state index is 6.10. The summed E-state index contributed by atoms with van der Waals surface area (Å²) in [6.45, 7) is 6.31. The van der Waals surface area contributed by atoms with Gasteiger partial charge in [0, 0.05) is 26.1 Å². The van der Waals surface area contributed by atoms with Gasteiger partial charge in [-0.05, 0) is 6.42 Å². The van der Waals surface area contributed by atoms with Crippen molar-refractivity contribution in [2.45, 2.75) is 32.2 Å². The molecule has 1 atom stereocenters. The van der Waals surface area contributed by atoms with Gasteiger partial charge in [0.2, 0.25) is 5.89 Å². The summed E-state index contributed by atoms with van der Waals surface area (Å²) in [4.78, 5) is 6.63. The summed E-state index contributed by atoms with van der Waals surface area (Å²) in [7, 11) is 0. The monoisotopic (exact) mass is 254 g/mol. The van der Waals surface area contributed by atoms with Crippen molar-refractivity contribution in [3.63, 3.8) is 0 Å². The molecule has 6 nitrogen and oxygen atoms in total. The van der Waals surface area contributed by atoms with Crippen LogP contribution in [0.3, 0.4) is 0 Å². The Hall–Kier alpha value is -0.980. The van der Waals surface area contributed by atoms with E-state index in [1.54, 1.807) is 0 Å². The molecule has 102 valence electrons. The molecule has 0 aliphatic carbocycles. The van der Waals surface area contributed by atoms with Gasteiger partial charge in [0.1, 0.15) is 0 Å². The lowest BCUT2D eigenvalue weighted by molar-refractivity contribution is 0.0348. The molecule has 2 heterocycles. The van der Waals surface area contributed by atoms with E-state index in [4.69, 9.17) is 15.0 Å². The lowest BCUT2D eigenvalue weighted by Crippen LogP contribution is -2.40. The molecular formula is C12H22N4O2. The average molecular weight is 254 g/mol. The van der Waals surface area contributed by atoms with E-state index in [0.29, 0.717) is 11.7 Å². The second-order valence-corrected chi connectivity index (χ2v) is 4.67.